The van der Waals surface area contributed by atoms with Crippen molar-refractivity contribution in [2.24, 2.45) is 0 Å². The van der Waals surface area contributed by atoms with Crippen LogP contribution < -0.4 is 0 Å². The van der Waals surface area contributed by atoms with Crippen LogP contribution in [0.5, 0.6) is 0 Å². The van der Waals surface area contributed by atoms with Crippen LogP contribution in [0.15, 0.2) is 0 Å². The Bertz CT molecular complexity index is 439. The van der Waals surface area contributed by atoms with Crippen molar-refractivity contribution >= 4 is 5.97 Å². The van der Waals surface area contributed by atoms with Gasteiger partial charge in [0.15, 0.2) is 0 Å². The monoisotopic (exact) mass is 237 g/mol. The zero-order chi connectivity index (χ0) is 12.6. The molecule has 5 nitrogen and oxygen atoms in total. The Morgan fingerprint density at radius 1 is 1.53 bits per heavy atom. The van der Waals surface area contributed by atoms with Crippen LogP contribution >= 0.6 is 0 Å². The molecule has 1 N–H and O–H groups in total. The Labute approximate surface area is 101 Å². The second-order valence-electron chi connectivity index (χ2n) is 4.77. The first kappa shape index (κ1) is 12.1. The highest BCUT2D eigenvalue weighted by atomic mass is 16.4. The van der Waals surface area contributed by atoms with E-state index in [0.717, 1.165) is 29.9 Å². The van der Waals surface area contributed by atoms with Crippen molar-refractivity contribution < 1.29 is 9.90 Å². The summed E-state index contributed by atoms with van der Waals surface area (Å²) in [7, 11) is 2.09. The number of nitrogens with zero attached hydrogens (tertiary/aromatic N) is 3. The van der Waals surface area contributed by atoms with E-state index in [1.54, 1.807) is 0 Å². The van der Waals surface area contributed by atoms with Gasteiger partial charge in [-0.15, -0.1) is 0 Å². The molecule has 94 valence electrons. The minimum absolute atomic E-state index is 0.0636. The van der Waals surface area contributed by atoms with Gasteiger partial charge in [-0.05, 0) is 40.3 Å². The first-order valence-electron chi connectivity index (χ1n) is 5.97. The Hall–Kier alpha value is -1.36. The molecule has 0 spiro atoms. The number of hydrogen-bond donors (Lipinski definition) is 1. The van der Waals surface area contributed by atoms with Crippen LogP contribution in [0.2, 0.25) is 0 Å². The van der Waals surface area contributed by atoms with Gasteiger partial charge in [-0.3, -0.25) is 14.4 Å². The summed E-state index contributed by atoms with van der Waals surface area (Å²) in [5, 5.41) is 13.4. The van der Waals surface area contributed by atoms with Crippen LogP contribution in [0, 0.1) is 13.8 Å². The van der Waals surface area contributed by atoms with E-state index in [2.05, 4.69) is 17.0 Å². The molecular weight excluding hydrogens is 218 g/mol. The lowest BCUT2D eigenvalue weighted by molar-refractivity contribution is -0.136. The predicted octanol–water partition coefficient (Wildman–Crippen LogP) is 1.35. The van der Waals surface area contributed by atoms with Gasteiger partial charge < -0.3 is 5.11 Å². The number of likely N-dealkylation sites (tertiary alicyclic amines) is 1. The fourth-order valence-electron chi connectivity index (χ4n) is 2.60. The van der Waals surface area contributed by atoms with Gasteiger partial charge in [0.25, 0.3) is 0 Å². The summed E-state index contributed by atoms with van der Waals surface area (Å²) in [5.74, 6) is -0.796. The van der Waals surface area contributed by atoms with Crippen LogP contribution in [0.3, 0.4) is 0 Å². The van der Waals surface area contributed by atoms with Crippen molar-refractivity contribution in [3.63, 3.8) is 0 Å². The minimum atomic E-state index is -0.796. The molecule has 1 aliphatic heterocycles. The number of aryl methyl sites for hydroxylation is 1. The number of aromatic nitrogens is 2. The summed E-state index contributed by atoms with van der Waals surface area (Å²) in [4.78, 5) is 13.1. The van der Waals surface area contributed by atoms with Gasteiger partial charge in [-0.1, -0.05) is 0 Å². The second-order valence-corrected chi connectivity index (χ2v) is 4.77. The molecule has 17 heavy (non-hydrogen) atoms. The zero-order valence-electron chi connectivity index (χ0n) is 10.6. The normalized spacial score (nSPS) is 21.0. The number of carbonyl (C=O) groups is 1. The summed E-state index contributed by atoms with van der Waals surface area (Å²) in [6, 6.07) is 0. The first-order chi connectivity index (χ1) is 8.00. The second kappa shape index (κ2) is 4.49. The van der Waals surface area contributed by atoms with Crippen molar-refractivity contribution in [2.75, 3.05) is 13.6 Å². The van der Waals surface area contributed by atoms with Crippen LogP contribution in [0.4, 0.5) is 0 Å². The summed E-state index contributed by atoms with van der Waals surface area (Å²) in [5.41, 5.74) is 2.69. The molecule has 1 fully saturated rings. The molecule has 0 saturated carbocycles. The van der Waals surface area contributed by atoms with Gasteiger partial charge in [-0.25, -0.2) is 0 Å². The van der Waals surface area contributed by atoms with Crippen molar-refractivity contribution in [1.82, 2.24) is 14.7 Å². The van der Waals surface area contributed by atoms with Crippen LogP contribution in [0.1, 0.15) is 36.0 Å². The summed E-state index contributed by atoms with van der Waals surface area (Å²) < 4.78 is 1.99. The largest absolute Gasteiger partial charge is 0.481 e. The fraction of sp³-hybridized carbons (Fsp3) is 0.667. The van der Waals surface area contributed by atoms with Gasteiger partial charge in [0, 0.05) is 11.3 Å². The van der Waals surface area contributed by atoms with E-state index in [0.29, 0.717) is 0 Å². The molecule has 5 heteroatoms. The predicted molar refractivity (Wildman–Crippen MR) is 63.9 cm³/mol. The van der Waals surface area contributed by atoms with Gasteiger partial charge in [0.1, 0.15) is 6.17 Å². The van der Waals surface area contributed by atoms with E-state index in [-0.39, 0.29) is 12.6 Å². The third-order valence-electron chi connectivity index (χ3n) is 3.57. The van der Waals surface area contributed by atoms with Crippen LogP contribution in [-0.4, -0.2) is 39.3 Å². The van der Waals surface area contributed by atoms with Crippen molar-refractivity contribution in [1.29, 1.82) is 0 Å². The maximum Gasteiger partial charge on any atom is 0.307 e. The average molecular weight is 237 g/mol. The van der Waals surface area contributed by atoms with Crippen molar-refractivity contribution in [2.45, 2.75) is 39.3 Å². The quantitative estimate of drug-likeness (QED) is 0.862. The van der Waals surface area contributed by atoms with Crippen LogP contribution in [-0.2, 0) is 11.2 Å². The highest BCUT2D eigenvalue weighted by molar-refractivity contribution is 5.70. The molecule has 2 heterocycles. The van der Waals surface area contributed by atoms with E-state index >= 15 is 0 Å². The molecular formula is C12H19N3O2. The number of aliphatic carboxylic acids is 1. The molecule has 1 aromatic rings. The smallest absolute Gasteiger partial charge is 0.307 e. The van der Waals surface area contributed by atoms with E-state index in [9.17, 15) is 4.79 Å². The number of carboxylic acids is 1. The summed E-state index contributed by atoms with van der Waals surface area (Å²) in [6.45, 7) is 4.93. The average Bonchev–Trinajstić information content (AvgIpc) is 2.76. The number of carboxylic acid groups (broad SMARTS) is 1. The standard InChI is InChI=1S/C12H19N3O2/c1-8-10(7-12(16)17)9(2)15(13-8)11-5-4-6-14(11)3/h11H,4-7H2,1-3H3,(H,16,17). The van der Waals surface area contributed by atoms with Gasteiger partial charge >= 0.3 is 5.97 Å². The Balaban J connectivity index is 2.33. The summed E-state index contributed by atoms with van der Waals surface area (Å²) >= 11 is 0. The fourth-order valence-corrected chi connectivity index (χ4v) is 2.60. The summed E-state index contributed by atoms with van der Waals surface area (Å²) in [6.07, 6.45) is 2.61. The molecule has 1 aliphatic rings. The number of rotatable bonds is 3. The molecule has 0 amide bonds. The molecule has 0 radical (unpaired) electrons. The molecule has 0 aliphatic carbocycles. The Morgan fingerprint density at radius 3 is 2.76 bits per heavy atom. The third-order valence-corrected chi connectivity index (χ3v) is 3.57. The number of hydrogen-bond acceptors (Lipinski definition) is 3. The molecule has 1 atom stereocenters. The molecule has 1 unspecified atom stereocenters. The maximum absolute atomic E-state index is 10.8. The van der Waals surface area contributed by atoms with E-state index in [4.69, 9.17) is 5.11 Å². The molecule has 2 rings (SSSR count). The molecule has 1 aromatic heterocycles. The topological polar surface area (TPSA) is 58.4 Å². The first-order valence-corrected chi connectivity index (χ1v) is 5.97. The SMILES string of the molecule is Cc1nn(C2CCCN2C)c(C)c1CC(=O)O. The highest BCUT2D eigenvalue weighted by Crippen LogP contribution is 2.27. The van der Waals surface area contributed by atoms with E-state index in [1.165, 1.54) is 6.42 Å². The van der Waals surface area contributed by atoms with Gasteiger partial charge in [0.05, 0.1) is 12.1 Å². The van der Waals surface area contributed by atoms with E-state index < -0.39 is 5.97 Å². The molecule has 0 aromatic carbocycles. The van der Waals surface area contributed by atoms with Crippen molar-refractivity contribution in [3.05, 3.63) is 17.0 Å². The van der Waals surface area contributed by atoms with E-state index in [1.807, 2.05) is 18.5 Å². The molecule has 1 saturated heterocycles. The Morgan fingerprint density at radius 2 is 2.24 bits per heavy atom. The highest BCUT2D eigenvalue weighted by Gasteiger charge is 2.26. The maximum atomic E-state index is 10.8. The van der Waals surface area contributed by atoms with Gasteiger partial charge in [0.2, 0.25) is 0 Å². The Kier molecular flexibility index (Phi) is 3.19. The van der Waals surface area contributed by atoms with Crippen LogP contribution in [0.25, 0.3) is 0 Å². The lowest BCUT2D eigenvalue weighted by atomic mass is 10.1. The molecule has 0 bridgehead atoms. The third kappa shape index (κ3) is 2.20. The lowest BCUT2D eigenvalue weighted by Crippen LogP contribution is -2.25. The zero-order valence-corrected chi connectivity index (χ0v) is 10.6. The van der Waals surface area contributed by atoms with Crippen molar-refractivity contribution in [3.8, 4) is 0 Å². The minimum Gasteiger partial charge on any atom is -0.481 e. The van der Waals surface area contributed by atoms with Gasteiger partial charge in [-0.2, -0.15) is 5.10 Å². The lowest BCUT2D eigenvalue weighted by Gasteiger charge is -2.21.